The van der Waals surface area contributed by atoms with Crippen molar-refractivity contribution in [2.75, 3.05) is 5.32 Å². The van der Waals surface area contributed by atoms with Gasteiger partial charge >= 0.3 is 6.09 Å². The first kappa shape index (κ1) is 14.1. The average molecular weight is 297 g/mol. The standard InChI is InChI=1S/C12H10ClFN4O2/c13-10-15-9(6-14)16-11(17-10)18-12(19)20-7-8-4-2-1-3-5-8/h1-5H,6-7H2,(H,15,16,17,18,19). The Hall–Kier alpha value is -2.28. The average Bonchev–Trinajstić information content (AvgIpc) is 2.45. The van der Waals surface area contributed by atoms with Crippen LogP contribution in [0.5, 0.6) is 0 Å². The molecule has 0 unspecified atom stereocenters. The second-order valence-electron chi connectivity index (χ2n) is 3.66. The molecule has 104 valence electrons. The van der Waals surface area contributed by atoms with Gasteiger partial charge in [0.25, 0.3) is 0 Å². The number of ether oxygens (including phenoxy) is 1. The van der Waals surface area contributed by atoms with Crippen LogP contribution < -0.4 is 5.32 Å². The molecular formula is C12H10ClFN4O2. The van der Waals surface area contributed by atoms with E-state index in [4.69, 9.17) is 16.3 Å². The Balaban J connectivity index is 1.93. The summed E-state index contributed by atoms with van der Waals surface area (Å²) < 4.78 is 17.4. The van der Waals surface area contributed by atoms with E-state index in [-0.39, 0.29) is 23.7 Å². The lowest BCUT2D eigenvalue weighted by Gasteiger charge is -2.06. The van der Waals surface area contributed by atoms with E-state index in [0.29, 0.717) is 0 Å². The molecule has 0 saturated carbocycles. The number of carbonyl (C=O) groups is 1. The van der Waals surface area contributed by atoms with Crippen molar-refractivity contribution in [3.05, 3.63) is 47.0 Å². The Kier molecular flexibility index (Phi) is 4.78. The number of benzene rings is 1. The third-order valence-electron chi connectivity index (χ3n) is 2.20. The van der Waals surface area contributed by atoms with Gasteiger partial charge in [-0.25, -0.2) is 9.18 Å². The molecule has 0 aliphatic carbocycles. The van der Waals surface area contributed by atoms with Crippen molar-refractivity contribution in [2.45, 2.75) is 13.3 Å². The summed E-state index contributed by atoms with van der Waals surface area (Å²) in [5, 5.41) is 2.05. The highest BCUT2D eigenvalue weighted by Gasteiger charge is 2.09. The molecule has 0 atom stereocenters. The highest BCUT2D eigenvalue weighted by atomic mass is 35.5. The van der Waals surface area contributed by atoms with Gasteiger partial charge in [0.15, 0.2) is 5.82 Å². The fourth-order valence-corrected chi connectivity index (χ4v) is 1.53. The molecule has 20 heavy (non-hydrogen) atoms. The summed E-state index contributed by atoms with van der Waals surface area (Å²) in [6, 6.07) is 9.14. The normalized spacial score (nSPS) is 10.1. The largest absolute Gasteiger partial charge is 0.444 e. The maximum atomic E-state index is 12.4. The molecule has 1 N–H and O–H groups in total. The number of alkyl halides is 1. The molecule has 0 radical (unpaired) electrons. The SMILES string of the molecule is O=C(Nc1nc(Cl)nc(CF)n1)OCc1ccccc1. The third-order valence-corrected chi connectivity index (χ3v) is 2.37. The summed E-state index contributed by atoms with van der Waals surface area (Å²) in [6.45, 7) is -0.808. The van der Waals surface area contributed by atoms with E-state index in [9.17, 15) is 9.18 Å². The number of carbonyl (C=O) groups excluding carboxylic acids is 1. The topological polar surface area (TPSA) is 77.0 Å². The Morgan fingerprint density at radius 1 is 1.25 bits per heavy atom. The molecular weight excluding hydrogens is 287 g/mol. The molecule has 1 aromatic carbocycles. The van der Waals surface area contributed by atoms with E-state index in [1.54, 1.807) is 0 Å². The molecule has 1 heterocycles. The molecule has 2 aromatic rings. The van der Waals surface area contributed by atoms with Gasteiger partial charge < -0.3 is 4.74 Å². The first-order valence-corrected chi connectivity index (χ1v) is 5.99. The van der Waals surface area contributed by atoms with Crippen LogP contribution in [-0.2, 0) is 18.0 Å². The lowest BCUT2D eigenvalue weighted by Crippen LogP contribution is -2.16. The number of nitrogens with zero attached hydrogens (tertiary/aromatic N) is 3. The van der Waals surface area contributed by atoms with Gasteiger partial charge in [-0.05, 0) is 17.2 Å². The molecule has 0 aliphatic rings. The van der Waals surface area contributed by atoms with Gasteiger partial charge in [-0.15, -0.1) is 0 Å². The molecule has 0 aliphatic heterocycles. The number of aromatic nitrogens is 3. The number of amides is 1. The van der Waals surface area contributed by atoms with E-state index in [0.717, 1.165) is 5.56 Å². The molecule has 2 rings (SSSR count). The van der Waals surface area contributed by atoms with Crippen LogP contribution in [0, 0.1) is 0 Å². The van der Waals surface area contributed by atoms with Crippen LogP contribution in [0.15, 0.2) is 30.3 Å². The van der Waals surface area contributed by atoms with Gasteiger partial charge in [0.05, 0.1) is 0 Å². The predicted octanol–water partition coefficient (Wildman–Crippen LogP) is 2.74. The second-order valence-corrected chi connectivity index (χ2v) is 4.00. The van der Waals surface area contributed by atoms with E-state index in [1.165, 1.54) is 0 Å². The maximum Gasteiger partial charge on any atom is 0.414 e. The van der Waals surface area contributed by atoms with E-state index in [2.05, 4.69) is 20.3 Å². The van der Waals surface area contributed by atoms with Crippen LogP contribution in [0.2, 0.25) is 5.28 Å². The van der Waals surface area contributed by atoms with Crippen molar-refractivity contribution in [3.63, 3.8) is 0 Å². The van der Waals surface area contributed by atoms with Crippen molar-refractivity contribution in [3.8, 4) is 0 Å². The van der Waals surface area contributed by atoms with Gasteiger partial charge in [0, 0.05) is 0 Å². The Bertz CT molecular complexity index is 597. The quantitative estimate of drug-likeness (QED) is 0.938. The highest BCUT2D eigenvalue weighted by molar-refractivity contribution is 6.28. The van der Waals surface area contributed by atoms with Gasteiger partial charge in [-0.2, -0.15) is 15.0 Å². The van der Waals surface area contributed by atoms with Crippen molar-refractivity contribution < 1.29 is 13.9 Å². The van der Waals surface area contributed by atoms with E-state index < -0.39 is 12.8 Å². The molecule has 0 spiro atoms. The first-order chi connectivity index (χ1) is 9.67. The summed E-state index contributed by atoms with van der Waals surface area (Å²) in [5.41, 5.74) is 0.834. The Morgan fingerprint density at radius 3 is 2.70 bits per heavy atom. The van der Waals surface area contributed by atoms with Crippen molar-refractivity contribution in [1.82, 2.24) is 15.0 Å². The zero-order valence-corrected chi connectivity index (χ0v) is 11.0. The van der Waals surface area contributed by atoms with E-state index in [1.807, 2.05) is 30.3 Å². The number of nitrogens with one attached hydrogen (secondary N) is 1. The Labute approximate surface area is 119 Å². The Morgan fingerprint density at radius 2 is 2.00 bits per heavy atom. The minimum absolute atomic E-state index is 0.0987. The van der Waals surface area contributed by atoms with Crippen molar-refractivity contribution in [2.24, 2.45) is 0 Å². The van der Waals surface area contributed by atoms with Gasteiger partial charge in [0.2, 0.25) is 11.2 Å². The number of rotatable bonds is 4. The second kappa shape index (κ2) is 6.76. The summed E-state index contributed by atoms with van der Waals surface area (Å²) in [6.07, 6.45) is -0.763. The summed E-state index contributed by atoms with van der Waals surface area (Å²) >= 11 is 5.56. The molecule has 1 aromatic heterocycles. The predicted molar refractivity (Wildman–Crippen MR) is 69.9 cm³/mol. The van der Waals surface area contributed by atoms with Crippen LogP contribution in [-0.4, -0.2) is 21.0 Å². The van der Waals surface area contributed by atoms with Crippen LogP contribution in [0.1, 0.15) is 11.4 Å². The molecule has 6 nitrogen and oxygen atoms in total. The monoisotopic (exact) mass is 296 g/mol. The molecule has 8 heteroatoms. The minimum Gasteiger partial charge on any atom is -0.444 e. The van der Waals surface area contributed by atoms with Gasteiger partial charge in [-0.1, -0.05) is 30.3 Å². The van der Waals surface area contributed by atoms with Gasteiger partial charge in [-0.3, -0.25) is 5.32 Å². The number of anilines is 1. The molecule has 1 amide bonds. The number of hydrogen-bond acceptors (Lipinski definition) is 5. The zero-order valence-electron chi connectivity index (χ0n) is 10.2. The minimum atomic E-state index is -0.907. The summed E-state index contributed by atoms with van der Waals surface area (Å²) in [4.78, 5) is 22.4. The van der Waals surface area contributed by atoms with Crippen molar-refractivity contribution >= 4 is 23.6 Å². The number of hydrogen-bond donors (Lipinski definition) is 1. The smallest absolute Gasteiger partial charge is 0.414 e. The van der Waals surface area contributed by atoms with Crippen LogP contribution >= 0.6 is 11.6 Å². The summed E-state index contributed by atoms with van der Waals surface area (Å²) in [5.74, 6) is -0.320. The lowest BCUT2D eigenvalue weighted by molar-refractivity contribution is 0.155. The van der Waals surface area contributed by atoms with E-state index >= 15 is 0 Å². The fraction of sp³-hybridized carbons (Fsp3) is 0.167. The summed E-state index contributed by atoms with van der Waals surface area (Å²) in [7, 11) is 0. The third kappa shape index (κ3) is 4.13. The lowest BCUT2D eigenvalue weighted by atomic mass is 10.2. The van der Waals surface area contributed by atoms with Gasteiger partial charge in [0.1, 0.15) is 13.3 Å². The molecule has 0 bridgehead atoms. The molecule has 0 fully saturated rings. The zero-order chi connectivity index (χ0) is 14.4. The first-order valence-electron chi connectivity index (χ1n) is 5.61. The van der Waals surface area contributed by atoms with Crippen LogP contribution in [0.25, 0.3) is 0 Å². The maximum absolute atomic E-state index is 12.4. The fourth-order valence-electron chi connectivity index (χ4n) is 1.36. The number of halogens is 2. The van der Waals surface area contributed by atoms with Crippen LogP contribution in [0.3, 0.4) is 0 Å². The van der Waals surface area contributed by atoms with Crippen LogP contribution in [0.4, 0.5) is 15.1 Å². The highest BCUT2D eigenvalue weighted by Crippen LogP contribution is 2.08. The molecule has 0 saturated heterocycles. The van der Waals surface area contributed by atoms with Crippen molar-refractivity contribution in [1.29, 1.82) is 0 Å².